The van der Waals surface area contributed by atoms with Crippen molar-refractivity contribution in [3.05, 3.63) is 36.3 Å². The summed E-state index contributed by atoms with van der Waals surface area (Å²) in [6, 6.07) is 5.35. The predicted octanol–water partition coefficient (Wildman–Crippen LogP) is 1.41. The second kappa shape index (κ2) is 7.18. The molecule has 3 aromatic heterocycles. The van der Waals surface area contributed by atoms with E-state index in [1.54, 1.807) is 30.7 Å². The highest BCUT2D eigenvalue weighted by Gasteiger charge is 2.31. The van der Waals surface area contributed by atoms with Crippen LogP contribution in [0.2, 0.25) is 0 Å². The molecule has 1 fully saturated rings. The summed E-state index contributed by atoms with van der Waals surface area (Å²) in [6.45, 7) is 1.43. The molecule has 2 N–H and O–H groups in total. The van der Waals surface area contributed by atoms with Crippen molar-refractivity contribution < 1.29 is 8.42 Å². The van der Waals surface area contributed by atoms with Gasteiger partial charge in [0.05, 0.1) is 29.8 Å². The molecule has 9 nitrogen and oxygen atoms in total. The number of nitrogens with one attached hydrogen (secondary N) is 2. The Hall–Kier alpha value is -3.03. The van der Waals surface area contributed by atoms with Crippen LogP contribution in [0.3, 0.4) is 0 Å². The van der Waals surface area contributed by atoms with Gasteiger partial charge in [-0.15, -0.1) is 0 Å². The molecule has 28 heavy (non-hydrogen) atoms. The lowest BCUT2D eigenvalue weighted by Crippen LogP contribution is -2.49. The number of aromatic amines is 1. The summed E-state index contributed by atoms with van der Waals surface area (Å²) in [5.41, 5.74) is 2.34. The molecule has 0 unspecified atom stereocenters. The summed E-state index contributed by atoms with van der Waals surface area (Å²) in [6.07, 6.45) is 7.50. The van der Waals surface area contributed by atoms with Crippen LogP contribution in [-0.2, 0) is 10.0 Å². The number of nitrogens with zero attached hydrogens (tertiary/aromatic N) is 5. The number of hydrogen-bond donors (Lipinski definition) is 2. The Morgan fingerprint density at radius 3 is 2.93 bits per heavy atom. The molecule has 0 amide bonds. The van der Waals surface area contributed by atoms with Crippen LogP contribution in [-0.4, -0.2) is 53.7 Å². The fourth-order valence-corrected chi connectivity index (χ4v) is 4.69. The number of piperidine rings is 1. The largest absolute Gasteiger partial charge is 0.343 e. The van der Waals surface area contributed by atoms with Crippen molar-refractivity contribution in [2.75, 3.05) is 23.7 Å². The van der Waals surface area contributed by atoms with Crippen LogP contribution in [0.4, 0.5) is 5.82 Å². The van der Waals surface area contributed by atoms with Crippen LogP contribution < -0.4 is 9.62 Å². The van der Waals surface area contributed by atoms with Crippen molar-refractivity contribution in [1.29, 1.82) is 5.26 Å². The Bertz CT molecular complexity index is 1160. The van der Waals surface area contributed by atoms with Crippen LogP contribution in [0.1, 0.15) is 18.4 Å². The molecule has 144 valence electrons. The molecular weight excluding hydrogens is 378 g/mol. The van der Waals surface area contributed by atoms with Crippen molar-refractivity contribution in [2.24, 2.45) is 0 Å². The van der Waals surface area contributed by atoms with Gasteiger partial charge in [-0.25, -0.2) is 27.7 Å². The van der Waals surface area contributed by atoms with Crippen molar-refractivity contribution in [3.63, 3.8) is 0 Å². The minimum atomic E-state index is -3.57. The van der Waals surface area contributed by atoms with E-state index in [-0.39, 0.29) is 6.04 Å². The van der Waals surface area contributed by atoms with E-state index >= 15 is 0 Å². The van der Waals surface area contributed by atoms with E-state index in [9.17, 15) is 13.7 Å². The van der Waals surface area contributed by atoms with E-state index in [1.807, 2.05) is 0 Å². The van der Waals surface area contributed by atoms with E-state index in [1.165, 1.54) is 10.6 Å². The van der Waals surface area contributed by atoms with Crippen LogP contribution >= 0.6 is 0 Å². The van der Waals surface area contributed by atoms with Gasteiger partial charge in [-0.05, 0) is 31.5 Å². The van der Waals surface area contributed by atoms with Gasteiger partial charge in [0.1, 0.15) is 11.6 Å². The first-order valence-electron chi connectivity index (χ1n) is 8.89. The van der Waals surface area contributed by atoms with E-state index in [2.05, 4.69) is 31.3 Å². The summed E-state index contributed by atoms with van der Waals surface area (Å²) >= 11 is 0. The van der Waals surface area contributed by atoms with E-state index in [4.69, 9.17) is 0 Å². The molecule has 1 aliphatic heterocycles. The Labute approximate surface area is 162 Å². The van der Waals surface area contributed by atoms with Gasteiger partial charge < -0.3 is 10.3 Å². The third-order valence-corrected chi connectivity index (χ3v) is 5.92. The Morgan fingerprint density at radius 1 is 1.36 bits per heavy atom. The molecule has 1 aliphatic rings. The molecule has 4 rings (SSSR count). The molecule has 0 bridgehead atoms. The first-order valence-corrected chi connectivity index (χ1v) is 10.7. The lowest BCUT2D eigenvalue weighted by atomic mass is 10.1. The van der Waals surface area contributed by atoms with Crippen molar-refractivity contribution in [2.45, 2.75) is 18.9 Å². The highest BCUT2D eigenvalue weighted by molar-refractivity contribution is 7.92. The molecule has 0 aliphatic carbocycles. The Kier molecular flexibility index (Phi) is 4.70. The van der Waals surface area contributed by atoms with Crippen molar-refractivity contribution >= 4 is 27.0 Å². The highest BCUT2D eigenvalue weighted by Crippen LogP contribution is 2.32. The fraction of sp³-hybridized carbons (Fsp3) is 0.333. The molecule has 0 aromatic carbocycles. The number of hydrogen-bond acceptors (Lipinski definition) is 7. The molecule has 3 aromatic rings. The van der Waals surface area contributed by atoms with E-state index < -0.39 is 10.0 Å². The zero-order valence-corrected chi connectivity index (χ0v) is 16.1. The maximum atomic E-state index is 12.7. The number of nitriles is 1. The Balaban J connectivity index is 1.87. The van der Waals surface area contributed by atoms with Gasteiger partial charge in [-0.1, -0.05) is 0 Å². The van der Waals surface area contributed by atoms with Gasteiger partial charge >= 0.3 is 0 Å². The summed E-state index contributed by atoms with van der Waals surface area (Å²) in [5.74, 6) is 0.321. The van der Waals surface area contributed by atoms with E-state index in [0.717, 1.165) is 19.4 Å². The Morgan fingerprint density at radius 2 is 2.21 bits per heavy atom. The number of rotatable bonds is 4. The van der Waals surface area contributed by atoms with Gasteiger partial charge in [-0.3, -0.25) is 0 Å². The lowest BCUT2D eigenvalue weighted by molar-refractivity contribution is 0.454. The lowest BCUT2D eigenvalue weighted by Gasteiger charge is -2.34. The third kappa shape index (κ3) is 3.30. The minimum absolute atomic E-state index is 0.226. The molecule has 0 spiro atoms. The van der Waals surface area contributed by atoms with Gasteiger partial charge in [0.2, 0.25) is 10.0 Å². The molecule has 0 radical (unpaired) electrons. The zero-order chi connectivity index (χ0) is 19.7. The van der Waals surface area contributed by atoms with Crippen LogP contribution in [0.15, 0.2) is 30.7 Å². The average Bonchev–Trinajstić information content (AvgIpc) is 3.10. The maximum absolute atomic E-state index is 12.7. The smallest absolute Gasteiger partial charge is 0.233 e. The average molecular weight is 397 g/mol. The first-order chi connectivity index (χ1) is 13.5. The van der Waals surface area contributed by atoms with Crippen molar-refractivity contribution in [3.8, 4) is 17.3 Å². The molecular formula is C18H19N7O2S. The van der Waals surface area contributed by atoms with Crippen LogP contribution in [0, 0.1) is 11.3 Å². The maximum Gasteiger partial charge on any atom is 0.233 e. The number of H-pyrrole nitrogens is 1. The number of aromatic nitrogens is 4. The topological polar surface area (TPSA) is 128 Å². The van der Waals surface area contributed by atoms with Gasteiger partial charge in [0.15, 0.2) is 11.5 Å². The van der Waals surface area contributed by atoms with Gasteiger partial charge in [0, 0.05) is 24.5 Å². The second-order valence-electron chi connectivity index (χ2n) is 6.70. The molecule has 1 atom stereocenters. The van der Waals surface area contributed by atoms with E-state index in [0.29, 0.717) is 40.3 Å². The first kappa shape index (κ1) is 18.3. The quantitative estimate of drug-likeness (QED) is 0.681. The van der Waals surface area contributed by atoms with Gasteiger partial charge in [-0.2, -0.15) is 5.26 Å². The van der Waals surface area contributed by atoms with Crippen LogP contribution in [0.5, 0.6) is 0 Å². The molecule has 10 heteroatoms. The summed E-state index contributed by atoms with van der Waals surface area (Å²) in [7, 11) is -3.57. The molecule has 0 saturated carbocycles. The third-order valence-electron chi connectivity index (χ3n) is 4.73. The highest BCUT2D eigenvalue weighted by atomic mass is 32.2. The standard InChI is InChI=1S/C18H19N7O2S/c1-28(26,27)25(13-4-2-6-20-10-13)18-14(5-3-7-21-18)15-11-23-17-16(24-15)12(8-19)9-22-17/h3,5,7,9,11,13,20H,2,4,6,10H2,1H3,(H,22,23)/t13-/m0/s1. The number of pyridine rings is 1. The zero-order valence-electron chi connectivity index (χ0n) is 15.3. The normalized spacial score (nSPS) is 17.4. The monoisotopic (exact) mass is 397 g/mol. The number of anilines is 1. The SMILES string of the molecule is CS(=O)(=O)N(c1ncccc1-c1cnc2[nH]cc(C#N)c2n1)[C@H]1CCCNC1. The summed E-state index contributed by atoms with van der Waals surface area (Å²) in [4.78, 5) is 16.2. The van der Waals surface area contributed by atoms with Crippen molar-refractivity contribution in [1.82, 2.24) is 25.3 Å². The number of sulfonamides is 1. The summed E-state index contributed by atoms with van der Waals surface area (Å²) in [5, 5.41) is 12.5. The summed E-state index contributed by atoms with van der Waals surface area (Å²) < 4.78 is 26.7. The second-order valence-corrected chi connectivity index (χ2v) is 8.56. The van der Waals surface area contributed by atoms with Crippen LogP contribution in [0.25, 0.3) is 22.4 Å². The minimum Gasteiger partial charge on any atom is -0.343 e. The number of fused-ring (bicyclic) bond motifs is 1. The predicted molar refractivity (Wildman–Crippen MR) is 105 cm³/mol. The molecule has 4 heterocycles. The van der Waals surface area contributed by atoms with Gasteiger partial charge in [0.25, 0.3) is 0 Å². The molecule has 1 saturated heterocycles. The fourth-order valence-electron chi connectivity index (χ4n) is 3.51.